The van der Waals surface area contributed by atoms with E-state index in [-0.39, 0.29) is 11.8 Å². The van der Waals surface area contributed by atoms with Gasteiger partial charge in [0.2, 0.25) is 0 Å². The lowest BCUT2D eigenvalue weighted by atomic mass is 10.1. The molecule has 3 N–H and O–H groups in total. The predicted molar refractivity (Wildman–Crippen MR) is 75.2 cm³/mol. The molecule has 0 radical (unpaired) electrons. The van der Waals surface area contributed by atoms with Crippen molar-refractivity contribution in [2.45, 2.75) is 25.8 Å². The van der Waals surface area contributed by atoms with Gasteiger partial charge in [-0.3, -0.25) is 4.90 Å². The molecular formula is C13H20N2OS. The van der Waals surface area contributed by atoms with Crippen molar-refractivity contribution in [3.63, 3.8) is 0 Å². The third-order valence-corrected chi connectivity index (χ3v) is 3.01. The van der Waals surface area contributed by atoms with Gasteiger partial charge in [-0.25, -0.2) is 0 Å². The molecule has 1 unspecified atom stereocenters. The Bertz CT molecular complexity index is 364. The SMILES string of the molecule is CCCCN(C)C(C(N)=S)c1ccc(O)cc1. The summed E-state index contributed by atoms with van der Waals surface area (Å²) in [7, 11) is 2.02. The summed E-state index contributed by atoms with van der Waals surface area (Å²) >= 11 is 5.13. The van der Waals surface area contributed by atoms with Crippen LogP contribution in [0.4, 0.5) is 0 Å². The van der Waals surface area contributed by atoms with E-state index < -0.39 is 0 Å². The summed E-state index contributed by atoms with van der Waals surface area (Å²) in [6, 6.07) is 6.99. The van der Waals surface area contributed by atoms with Crippen molar-refractivity contribution in [1.82, 2.24) is 4.90 Å². The topological polar surface area (TPSA) is 49.5 Å². The van der Waals surface area contributed by atoms with E-state index in [1.807, 2.05) is 19.2 Å². The summed E-state index contributed by atoms with van der Waals surface area (Å²) in [5.74, 6) is 0.256. The highest BCUT2D eigenvalue weighted by Crippen LogP contribution is 2.22. The lowest BCUT2D eigenvalue weighted by Gasteiger charge is -2.27. The molecule has 0 amide bonds. The molecule has 0 aliphatic carbocycles. The Kier molecular flexibility index (Phi) is 5.38. The molecule has 1 aromatic rings. The quantitative estimate of drug-likeness (QED) is 0.764. The summed E-state index contributed by atoms with van der Waals surface area (Å²) in [5.41, 5.74) is 6.83. The summed E-state index contributed by atoms with van der Waals surface area (Å²) in [6.45, 7) is 3.11. The van der Waals surface area contributed by atoms with Crippen LogP contribution in [0, 0.1) is 0 Å². The normalized spacial score (nSPS) is 12.6. The first-order chi connectivity index (χ1) is 8.06. The Hall–Kier alpha value is -1.13. The van der Waals surface area contributed by atoms with Crippen molar-refractivity contribution in [3.8, 4) is 5.75 Å². The molecule has 94 valence electrons. The minimum Gasteiger partial charge on any atom is -0.508 e. The Morgan fingerprint density at radius 2 is 2.00 bits per heavy atom. The lowest BCUT2D eigenvalue weighted by Crippen LogP contribution is -2.34. The number of unbranched alkanes of at least 4 members (excludes halogenated alkanes) is 1. The number of hydrogen-bond acceptors (Lipinski definition) is 3. The average Bonchev–Trinajstić information content (AvgIpc) is 2.29. The molecule has 0 saturated carbocycles. The number of nitrogens with zero attached hydrogens (tertiary/aromatic N) is 1. The minimum atomic E-state index is -0.0582. The molecule has 0 aliphatic rings. The monoisotopic (exact) mass is 252 g/mol. The Morgan fingerprint density at radius 3 is 2.47 bits per heavy atom. The van der Waals surface area contributed by atoms with E-state index in [0.29, 0.717) is 4.99 Å². The molecule has 3 nitrogen and oxygen atoms in total. The van der Waals surface area contributed by atoms with Crippen molar-refractivity contribution >= 4 is 17.2 Å². The van der Waals surface area contributed by atoms with Crippen LogP contribution in [0.3, 0.4) is 0 Å². The van der Waals surface area contributed by atoms with Crippen molar-refractivity contribution < 1.29 is 5.11 Å². The molecule has 1 rings (SSSR count). The van der Waals surface area contributed by atoms with E-state index in [4.69, 9.17) is 18.0 Å². The standard InChI is InChI=1S/C13H20N2OS/c1-3-4-9-15(2)12(13(14)17)10-5-7-11(16)8-6-10/h5-8,12,16H,3-4,9H2,1-2H3,(H2,14,17). The van der Waals surface area contributed by atoms with E-state index in [2.05, 4.69) is 11.8 Å². The number of likely N-dealkylation sites (N-methyl/N-ethyl adjacent to an activating group) is 1. The number of hydrogen-bond donors (Lipinski definition) is 2. The molecule has 0 fully saturated rings. The molecule has 0 aromatic heterocycles. The minimum absolute atomic E-state index is 0.0582. The van der Waals surface area contributed by atoms with Gasteiger partial charge in [0.15, 0.2) is 0 Å². The third-order valence-electron chi connectivity index (χ3n) is 2.78. The summed E-state index contributed by atoms with van der Waals surface area (Å²) in [5, 5.41) is 9.28. The molecule has 0 spiro atoms. The molecular weight excluding hydrogens is 232 g/mol. The van der Waals surface area contributed by atoms with E-state index in [9.17, 15) is 5.11 Å². The van der Waals surface area contributed by atoms with Gasteiger partial charge in [-0.05, 0) is 37.7 Å². The number of phenolic OH excluding ortho intramolecular Hbond substituents is 1. The van der Waals surface area contributed by atoms with Crippen molar-refractivity contribution in [2.24, 2.45) is 5.73 Å². The number of rotatable bonds is 6. The van der Waals surface area contributed by atoms with Crippen molar-refractivity contribution in [2.75, 3.05) is 13.6 Å². The van der Waals surface area contributed by atoms with Crippen LogP contribution >= 0.6 is 12.2 Å². The smallest absolute Gasteiger partial charge is 0.115 e. The van der Waals surface area contributed by atoms with Gasteiger partial charge in [0.1, 0.15) is 5.75 Å². The van der Waals surface area contributed by atoms with E-state index >= 15 is 0 Å². The molecule has 0 heterocycles. The van der Waals surface area contributed by atoms with Crippen LogP contribution in [0.5, 0.6) is 5.75 Å². The molecule has 1 aromatic carbocycles. The van der Waals surface area contributed by atoms with Crippen LogP contribution in [-0.2, 0) is 0 Å². The fourth-order valence-corrected chi connectivity index (χ4v) is 2.15. The Morgan fingerprint density at radius 1 is 1.41 bits per heavy atom. The molecule has 17 heavy (non-hydrogen) atoms. The second-order valence-corrected chi connectivity index (χ2v) is 4.70. The second kappa shape index (κ2) is 6.57. The largest absolute Gasteiger partial charge is 0.508 e. The van der Waals surface area contributed by atoms with Gasteiger partial charge in [-0.2, -0.15) is 0 Å². The third kappa shape index (κ3) is 3.98. The van der Waals surface area contributed by atoms with Gasteiger partial charge in [-0.1, -0.05) is 37.7 Å². The van der Waals surface area contributed by atoms with Crippen LogP contribution in [-0.4, -0.2) is 28.6 Å². The van der Waals surface area contributed by atoms with Gasteiger partial charge in [0.05, 0.1) is 11.0 Å². The van der Waals surface area contributed by atoms with Crippen LogP contribution < -0.4 is 5.73 Å². The van der Waals surface area contributed by atoms with Gasteiger partial charge >= 0.3 is 0 Å². The highest BCUT2D eigenvalue weighted by molar-refractivity contribution is 7.80. The maximum absolute atomic E-state index is 9.28. The second-order valence-electron chi connectivity index (χ2n) is 4.23. The first kappa shape index (κ1) is 13.9. The van der Waals surface area contributed by atoms with Crippen LogP contribution in [0.1, 0.15) is 31.4 Å². The first-order valence-electron chi connectivity index (χ1n) is 5.84. The van der Waals surface area contributed by atoms with Crippen molar-refractivity contribution in [1.29, 1.82) is 0 Å². The van der Waals surface area contributed by atoms with Gasteiger partial charge in [-0.15, -0.1) is 0 Å². The fourth-order valence-electron chi connectivity index (χ4n) is 1.83. The van der Waals surface area contributed by atoms with Gasteiger partial charge in [0.25, 0.3) is 0 Å². The predicted octanol–water partition coefficient (Wildman–Crippen LogP) is 2.45. The molecule has 0 aliphatic heterocycles. The molecule has 4 heteroatoms. The zero-order valence-corrected chi connectivity index (χ0v) is 11.2. The van der Waals surface area contributed by atoms with Crippen molar-refractivity contribution in [3.05, 3.63) is 29.8 Å². The Labute approximate surface area is 108 Å². The number of nitrogens with two attached hydrogens (primary N) is 1. The summed E-state index contributed by atoms with van der Waals surface area (Å²) < 4.78 is 0. The van der Waals surface area contributed by atoms with Crippen LogP contribution in [0.15, 0.2) is 24.3 Å². The molecule has 0 saturated heterocycles. The highest BCUT2D eigenvalue weighted by atomic mass is 32.1. The van der Waals surface area contributed by atoms with Crippen LogP contribution in [0.25, 0.3) is 0 Å². The summed E-state index contributed by atoms with van der Waals surface area (Å²) in [4.78, 5) is 2.62. The fraction of sp³-hybridized carbons (Fsp3) is 0.462. The maximum Gasteiger partial charge on any atom is 0.115 e. The lowest BCUT2D eigenvalue weighted by molar-refractivity contribution is 0.296. The Balaban J connectivity index is 2.85. The van der Waals surface area contributed by atoms with Gasteiger partial charge in [0, 0.05) is 0 Å². The number of phenols is 1. The molecule has 0 bridgehead atoms. The number of benzene rings is 1. The van der Waals surface area contributed by atoms with E-state index in [1.165, 1.54) is 0 Å². The van der Waals surface area contributed by atoms with E-state index in [0.717, 1.165) is 24.9 Å². The van der Waals surface area contributed by atoms with Gasteiger partial charge < -0.3 is 10.8 Å². The number of aromatic hydroxyl groups is 1. The maximum atomic E-state index is 9.28. The van der Waals surface area contributed by atoms with Crippen LogP contribution in [0.2, 0.25) is 0 Å². The van der Waals surface area contributed by atoms with E-state index in [1.54, 1.807) is 12.1 Å². The average molecular weight is 252 g/mol. The molecule has 1 atom stereocenters. The summed E-state index contributed by atoms with van der Waals surface area (Å²) in [6.07, 6.45) is 2.26. The zero-order valence-electron chi connectivity index (χ0n) is 10.4. The number of thiocarbonyl (C=S) groups is 1. The first-order valence-corrected chi connectivity index (χ1v) is 6.25. The highest BCUT2D eigenvalue weighted by Gasteiger charge is 2.19. The zero-order chi connectivity index (χ0) is 12.8.